The van der Waals surface area contributed by atoms with E-state index in [4.69, 9.17) is 15.2 Å². The van der Waals surface area contributed by atoms with Crippen LogP contribution in [0.3, 0.4) is 0 Å². The highest BCUT2D eigenvalue weighted by molar-refractivity contribution is 5.99. The van der Waals surface area contributed by atoms with E-state index in [1.54, 1.807) is 12.1 Å². The van der Waals surface area contributed by atoms with E-state index in [1.165, 1.54) is 6.92 Å². The van der Waals surface area contributed by atoms with Crippen molar-refractivity contribution in [2.24, 2.45) is 0 Å². The van der Waals surface area contributed by atoms with Crippen LogP contribution in [-0.2, 0) is 4.74 Å². The quantitative estimate of drug-likeness (QED) is 0.673. The molecule has 4 heteroatoms. The maximum absolute atomic E-state index is 11.5. The molecule has 0 bridgehead atoms. The van der Waals surface area contributed by atoms with E-state index in [-0.39, 0.29) is 24.1 Å². The second kappa shape index (κ2) is 5.61. The van der Waals surface area contributed by atoms with Crippen LogP contribution in [0.5, 0.6) is 5.75 Å². The fraction of sp³-hybridized carbons (Fsp3) is 0.533. The van der Waals surface area contributed by atoms with Gasteiger partial charge in [0.05, 0.1) is 12.2 Å². The van der Waals surface area contributed by atoms with Gasteiger partial charge in [-0.25, -0.2) is 0 Å². The van der Waals surface area contributed by atoms with Gasteiger partial charge in [-0.1, -0.05) is 0 Å². The van der Waals surface area contributed by atoms with Gasteiger partial charge >= 0.3 is 0 Å². The maximum atomic E-state index is 11.5. The summed E-state index contributed by atoms with van der Waals surface area (Å²) in [6.07, 6.45) is 2.26. The summed E-state index contributed by atoms with van der Waals surface area (Å²) in [5.74, 6) is 0.655. The first-order valence-corrected chi connectivity index (χ1v) is 6.68. The maximum Gasteiger partial charge on any atom is 0.162 e. The molecule has 2 rings (SSSR count). The molecule has 1 aromatic carbocycles. The molecule has 0 saturated carbocycles. The first-order chi connectivity index (χ1) is 8.95. The van der Waals surface area contributed by atoms with E-state index >= 15 is 0 Å². The number of hydrogen-bond acceptors (Lipinski definition) is 4. The normalized spacial score (nSPS) is 27.0. The summed E-state index contributed by atoms with van der Waals surface area (Å²) < 4.78 is 11.6. The molecule has 1 aliphatic heterocycles. The van der Waals surface area contributed by atoms with Crippen LogP contribution in [0.2, 0.25) is 0 Å². The van der Waals surface area contributed by atoms with Crippen molar-refractivity contribution >= 4 is 11.5 Å². The van der Waals surface area contributed by atoms with E-state index < -0.39 is 0 Å². The lowest BCUT2D eigenvalue weighted by molar-refractivity contribution is -0.0721. The number of carbonyl (C=O) groups excluding carboxylic acids is 1. The SMILES string of the molecule is CC(=O)c1cc(OC2CC(C)OC(C)C2)ccc1N. The van der Waals surface area contributed by atoms with Crippen LogP contribution in [0.25, 0.3) is 0 Å². The number of Topliss-reactive ketones (excluding diaryl/α,β-unsaturated/α-hetero) is 1. The minimum atomic E-state index is -0.0448. The Hall–Kier alpha value is -1.55. The molecule has 0 aromatic heterocycles. The Kier molecular flexibility index (Phi) is 4.10. The van der Waals surface area contributed by atoms with Crippen molar-refractivity contribution in [1.82, 2.24) is 0 Å². The third kappa shape index (κ3) is 3.47. The third-order valence-corrected chi connectivity index (χ3v) is 3.36. The van der Waals surface area contributed by atoms with Crippen LogP contribution in [0.4, 0.5) is 5.69 Å². The van der Waals surface area contributed by atoms with Crippen molar-refractivity contribution in [3.63, 3.8) is 0 Å². The Balaban J connectivity index is 2.10. The Morgan fingerprint density at radius 2 is 1.95 bits per heavy atom. The van der Waals surface area contributed by atoms with Gasteiger partial charge in [-0.15, -0.1) is 0 Å². The number of carbonyl (C=O) groups is 1. The molecule has 104 valence electrons. The van der Waals surface area contributed by atoms with Gasteiger partial charge in [0.15, 0.2) is 5.78 Å². The molecular weight excluding hydrogens is 242 g/mol. The Bertz CT molecular complexity index is 462. The number of rotatable bonds is 3. The zero-order valence-corrected chi connectivity index (χ0v) is 11.7. The lowest BCUT2D eigenvalue weighted by Gasteiger charge is -2.32. The van der Waals surface area contributed by atoms with Crippen molar-refractivity contribution in [2.45, 2.75) is 51.9 Å². The number of ketones is 1. The number of hydrogen-bond donors (Lipinski definition) is 1. The smallest absolute Gasteiger partial charge is 0.162 e. The second-order valence-electron chi connectivity index (χ2n) is 5.27. The molecule has 1 saturated heterocycles. The summed E-state index contributed by atoms with van der Waals surface area (Å²) in [5, 5.41) is 0. The molecule has 0 radical (unpaired) electrons. The van der Waals surface area contributed by atoms with E-state index in [0.717, 1.165) is 12.8 Å². The predicted molar refractivity (Wildman–Crippen MR) is 74.5 cm³/mol. The van der Waals surface area contributed by atoms with Gasteiger partial charge < -0.3 is 15.2 Å². The Morgan fingerprint density at radius 1 is 1.32 bits per heavy atom. The molecule has 2 unspecified atom stereocenters. The topological polar surface area (TPSA) is 61.5 Å². The minimum absolute atomic E-state index is 0.0448. The van der Waals surface area contributed by atoms with Crippen LogP contribution in [-0.4, -0.2) is 24.1 Å². The fourth-order valence-electron chi connectivity index (χ4n) is 2.55. The Labute approximate surface area is 113 Å². The number of ether oxygens (including phenoxy) is 2. The van der Waals surface area contributed by atoms with Gasteiger partial charge in [-0.3, -0.25) is 4.79 Å². The highest BCUT2D eigenvalue weighted by atomic mass is 16.5. The monoisotopic (exact) mass is 263 g/mol. The number of benzene rings is 1. The summed E-state index contributed by atoms with van der Waals surface area (Å²) in [7, 11) is 0. The molecule has 2 atom stereocenters. The van der Waals surface area contributed by atoms with Crippen molar-refractivity contribution < 1.29 is 14.3 Å². The molecule has 2 N–H and O–H groups in total. The van der Waals surface area contributed by atoms with E-state index in [1.807, 2.05) is 6.07 Å². The summed E-state index contributed by atoms with van der Waals surface area (Å²) in [6.45, 7) is 5.61. The largest absolute Gasteiger partial charge is 0.490 e. The molecule has 1 fully saturated rings. The molecule has 19 heavy (non-hydrogen) atoms. The van der Waals surface area contributed by atoms with E-state index in [2.05, 4.69) is 13.8 Å². The van der Waals surface area contributed by atoms with Gasteiger partial charge in [0.2, 0.25) is 0 Å². The number of nitrogen functional groups attached to an aromatic ring is 1. The van der Waals surface area contributed by atoms with Gasteiger partial charge in [0.25, 0.3) is 0 Å². The Morgan fingerprint density at radius 3 is 2.53 bits per heavy atom. The summed E-state index contributed by atoms with van der Waals surface area (Å²) >= 11 is 0. The number of nitrogens with two attached hydrogens (primary N) is 1. The molecule has 1 aromatic rings. The van der Waals surface area contributed by atoms with Gasteiger partial charge in [0.1, 0.15) is 11.9 Å². The van der Waals surface area contributed by atoms with Crippen molar-refractivity contribution in [3.05, 3.63) is 23.8 Å². The lowest BCUT2D eigenvalue weighted by atomic mass is 10.0. The molecule has 1 aliphatic rings. The average Bonchev–Trinajstić information content (AvgIpc) is 2.30. The summed E-state index contributed by atoms with van der Waals surface area (Å²) in [6, 6.07) is 5.26. The van der Waals surface area contributed by atoms with Crippen LogP contribution in [0, 0.1) is 0 Å². The second-order valence-corrected chi connectivity index (χ2v) is 5.27. The standard InChI is InChI=1S/C15H21NO3/c1-9-6-13(7-10(2)18-9)19-12-4-5-15(16)14(8-12)11(3)17/h4-5,8-10,13H,6-7,16H2,1-3H3. The fourth-order valence-corrected chi connectivity index (χ4v) is 2.55. The van der Waals surface area contributed by atoms with Crippen molar-refractivity contribution in [3.8, 4) is 5.75 Å². The van der Waals surface area contributed by atoms with Crippen molar-refractivity contribution in [2.75, 3.05) is 5.73 Å². The highest BCUT2D eigenvalue weighted by Gasteiger charge is 2.25. The summed E-state index contributed by atoms with van der Waals surface area (Å²) in [4.78, 5) is 11.5. The van der Waals surface area contributed by atoms with Crippen LogP contribution >= 0.6 is 0 Å². The zero-order valence-electron chi connectivity index (χ0n) is 11.7. The zero-order chi connectivity index (χ0) is 14.0. The average molecular weight is 263 g/mol. The molecule has 0 spiro atoms. The number of anilines is 1. The molecule has 1 heterocycles. The van der Waals surface area contributed by atoms with Crippen LogP contribution < -0.4 is 10.5 Å². The van der Waals surface area contributed by atoms with Crippen LogP contribution in [0.1, 0.15) is 44.0 Å². The first-order valence-electron chi connectivity index (χ1n) is 6.68. The highest BCUT2D eigenvalue weighted by Crippen LogP contribution is 2.26. The third-order valence-electron chi connectivity index (χ3n) is 3.36. The van der Waals surface area contributed by atoms with E-state index in [9.17, 15) is 4.79 Å². The molecule has 4 nitrogen and oxygen atoms in total. The minimum Gasteiger partial charge on any atom is -0.490 e. The predicted octanol–water partition coefficient (Wildman–Crippen LogP) is 2.81. The first kappa shape index (κ1) is 13.9. The molecular formula is C15H21NO3. The van der Waals surface area contributed by atoms with Gasteiger partial charge in [-0.2, -0.15) is 0 Å². The lowest BCUT2D eigenvalue weighted by Crippen LogP contribution is -2.35. The van der Waals surface area contributed by atoms with E-state index in [0.29, 0.717) is 17.0 Å². The molecule has 0 amide bonds. The van der Waals surface area contributed by atoms with Crippen LogP contribution in [0.15, 0.2) is 18.2 Å². The van der Waals surface area contributed by atoms with Gasteiger partial charge in [0, 0.05) is 24.1 Å². The molecule has 0 aliphatic carbocycles. The van der Waals surface area contributed by atoms with Crippen molar-refractivity contribution in [1.29, 1.82) is 0 Å². The van der Waals surface area contributed by atoms with Gasteiger partial charge in [-0.05, 0) is 39.0 Å². The summed E-state index contributed by atoms with van der Waals surface area (Å²) in [5.41, 5.74) is 6.78.